The topological polar surface area (TPSA) is 66.4 Å². The third-order valence-corrected chi connectivity index (χ3v) is 4.41. The summed E-state index contributed by atoms with van der Waals surface area (Å²) in [5.74, 6) is -0.846. The normalized spacial score (nSPS) is 23.5. The molecule has 0 spiro atoms. The quantitative estimate of drug-likeness (QED) is 0.885. The van der Waals surface area contributed by atoms with E-state index in [1.54, 1.807) is 6.07 Å². The highest BCUT2D eigenvalue weighted by Gasteiger charge is 2.32. The number of carboxylic acids is 1. The first-order chi connectivity index (χ1) is 8.58. The van der Waals surface area contributed by atoms with Gasteiger partial charge in [0, 0.05) is 10.8 Å². The first-order valence-corrected chi connectivity index (χ1v) is 6.89. The SMILES string of the molecule is O=C(O)[C@@H]1CS[C@H](Cc2ccccc2Cl)C(=O)N1. The standard InChI is InChI=1S/C12H12ClNO3S/c13-8-4-2-1-3-7(8)5-10-11(15)14-9(6-18-10)12(16)17/h1-4,9-10H,5-6H2,(H,14,15)(H,16,17)/t9-,10+/m0/s1. The summed E-state index contributed by atoms with van der Waals surface area (Å²) in [7, 11) is 0. The van der Waals surface area contributed by atoms with Crippen molar-refractivity contribution < 1.29 is 14.7 Å². The number of hydrogen-bond donors (Lipinski definition) is 2. The second-order valence-electron chi connectivity index (χ2n) is 4.02. The zero-order valence-corrected chi connectivity index (χ0v) is 11.0. The van der Waals surface area contributed by atoms with E-state index in [9.17, 15) is 9.59 Å². The van der Waals surface area contributed by atoms with Crippen LogP contribution in [-0.4, -0.2) is 34.0 Å². The molecule has 0 unspecified atom stereocenters. The Balaban J connectivity index is 2.02. The van der Waals surface area contributed by atoms with Crippen molar-refractivity contribution in [1.29, 1.82) is 0 Å². The van der Waals surface area contributed by atoms with Crippen molar-refractivity contribution in [2.75, 3.05) is 5.75 Å². The molecule has 2 atom stereocenters. The number of benzene rings is 1. The van der Waals surface area contributed by atoms with Crippen molar-refractivity contribution in [2.24, 2.45) is 0 Å². The number of nitrogens with one attached hydrogen (secondary N) is 1. The Labute approximate surface area is 114 Å². The first kappa shape index (κ1) is 13.2. The van der Waals surface area contributed by atoms with E-state index in [-0.39, 0.29) is 11.2 Å². The Morgan fingerprint density at radius 3 is 2.83 bits per heavy atom. The van der Waals surface area contributed by atoms with Crippen LogP contribution in [-0.2, 0) is 16.0 Å². The maximum Gasteiger partial charge on any atom is 0.327 e. The molecule has 1 amide bonds. The van der Waals surface area contributed by atoms with Crippen LogP contribution in [0.1, 0.15) is 5.56 Å². The predicted molar refractivity (Wildman–Crippen MR) is 71.0 cm³/mol. The number of halogens is 1. The number of carbonyl (C=O) groups is 2. The van der Waals surface area contributed by atoms with E-state index in [1.165, 1.54) is 11.8 Å². The average molecular weight is 286 g/mol. The Bertz CT molecular complexity index is 480. The number of carbonyl (C=O) groups excluding carboxylic acids is 1. The van der Waals surface area contributed by atoms with E-state index in [0.717, 1.165) is 5.56 Å². The van der Waals surface area contributed by atoms with E-state index < -0.39 is 12.0 Å². The van der Waals surface area contributed by atoms with Crippen LogP contribution in [0.25, 0.3) is 0 Å². The van der Waals surface area contributed by atoms with Crippen LogP contribution in [0.4, 0.5) is 0 Å². The van der Waals surface area contributed by atoms with Crippen LogP contribution in [0.15, 0.2) is 24.3 Å². The van der Waals surface area contributed by atoms with Crippen molar-refractivity contribution >= 4 is 35.2 Å². The molecule has 0 saturated carbocycles. The molecule has 1 aliphatic heterocycles. The third-order valence-electron chi connectivity index (χ3n) is 2.73. The number of thioether (sulfide) groups is 1. The molecule has 2 N–H and O–H groups in total. The zero-order valence-electron chi connectivity index (χ0n) is 9.43. The number of amides is 1. The lowest BCUT2D eigenvalue weighted by molar-refractivity contribution is -0.141. The summed E-state index contributed by atoms with van der Waals surface area (Å²) in [4.78, 5) is 22.6. The number of hydrogen-bond acceptors (Lipinski definition) is 3. The van der Waals surface area contributed by atoms with Gasteiger partial charge in [0.15, 0.2) is 0 Å². The minimum Gasteiger partial charge on any atom is -0.480 e. The molecule has 4 nitrogen and oxygen atoms in total. The molecule has 18 heavy (non-hydrogen) atoms. The summed E-state index contributed by atoms with van der Waals surface area (Å²) in [5, 5.41) is 11.7. The van der Waals surface area contributed by atoms with E-state index in [1.807, 2.05) is 18.2 Å². The van der Waals surface area contributed by atoms with E-state index >= 15 is 0 Å². The van der Waals surface area contributed by atoms with Crippen molar-refractivity contribution in [3.05, 3.63) is 34.9 Å². The predicted octanol–water partition coefficient (Wildman–Crippen LogP) is 1.57. The molecular formula is C12H12ClNO3S. The molecule has 96 valence electrons. The second kappa shape index (κ2) is 5.63. The molecule has 1 fully saturated rings. The van der Waals surface area contributed by atoms with Crippen molar-refractivity contribution in [3.63, 3.8) is 0 Å². The van der Waals surface area contributed by atoms with Crippen LogP contribution in [0.5, 0.6) is 0 Å². The van der Waals surface area contributed by atoms with Crippen LogP contribution in [0.2, 0.25) is 5.02 Å². The van der Waals surface area contributed by atoms with Gasteiger partial charge in [-0.1, -0.05) is 29.8 Å². The van der Waals surface area contributed by atoms with Gasteiger partial charge in [-0.2, -0.15) is 0 Å². The van der Waals surface area contributed by atoms with Gasteiger partial charge in [-0.15, -0.1) is 11.8 Å². The van der Waals surface area contributed by atoms with Gasteiger partial charge in [-0.3, -0.25) is 4.79 Å². The summed E-state index contributed by atoms with van der Waals surface area (Å²) < 4.78 is 0. The molecule has 2 rings (SSSR count). The fourth-order valence-electron chi connectivity index (χ4n) is 1.74. The van der Waals surface area contributed by atoms with Gasteiger partial charge in [0.2, 0.25) is 5.91 Å². The lowest BCUT2D eigenvalue weighted by Gasteiger charge is -2.26. The maximum absolute atomic E-state index is 11.8. The van der Waals surface area contributed by atoms with E-state index in [4.69, 9.17) is 16.7 Å². The van der Waals surface area contributed by atoms with Crippen molar-refractivity contribution in [2.45, 2.75) is 17.7 Å². The Morgan fingerprint density at radius 2 is 2.22 bits per heavy atom. The van der Waals surface area contributed by atoms with Crippen molar-refractivity contribution in [1.82, 2.24) is 5.32 Å². The van der Waals surface area contributed by atoms with Gasteiger partial charge in [0.25, 0.3) is 0 Å². The van der Waals surface area contributed by atoms with E-state index in [2.05, 4.69) is 5.32 Å². The van der Waals surface area contributed by atoms with Crippen molar-refractivity contribution in [3.8, 4) is 0 Å². The summed E-state index contributed by atoms with van der Waals surface area (Å²) >= 11 is 7.39. The van der Waals surface area contributed by atoms with Gasteiger partial charge in [-0.25, -0.2) is 4.79 Å². The lowest BCUT2D eigenvalue weighted by Crippen LogP contribution is -2.51. The maximum atomic E-state index is 11.8. The summed E-state index contributed by atoms with van der Waals surface area (Å²) in [6, 6.07) is 6.57. The third kappa shape index (κ3) is 2.97. The largest absolute Gasteiger partial charge is 0.480 e. The van der Waals surface area contributed by atoms with Crippen LogP contribution in [0, 0.1) is 0 Å². The number of rotatable bonds is 3. The highest BCUT2D eigenvalue weighted by atomic mass is 35.5. The molecule has 0 aliphatic carbocycles. The van der Waals surface area contributed by atoms with Gasteiger partial charge < -0.3 is 10.4 Å². The molecule has 1 aromatic carbocycles. The minimum absolute atomic E-state index is 0.237. The second-order valence-corrected chi connectivity index (χ2v) is 5.66. The number of carboxylic acid groups (broad SMARTS) is 1. The molecule has 1 saturated heterocycles. The molecule has 0 aromatic heterocycles. The molecule has 1 aromatic rings. The summed E-state index contributed by atoms with van der Waals surface area (Å²) in [6.45, 7) is 0. The highest BCUT2D eigenvalue weighted by molar-refractivity contribution is 8.00. The Morgan fingerprint density at radius 1 is 1.50 bits per heavy atom. The molecule has 0 radical (unpaired) electrons. The molecule has 1 heterocycles. The van der Waals surface area contributed by atoms with Crippen LogP contribution in [0.3, 0.4) is 0 Å². The smallest absolute Gasteiger partial charge is 0.327 e. The monoisotopic (exact) mass is 285 g/mol. The van der Waals surface area contributed by atoms with Gasteiger partial charge in [0.05, 0.1) is 5.25 Å². The molecule has 0 bridgehead atoms. The van der Waals surface area contributed by atoms with Gasteiger partial charge in [-0.05, 0) is 18.1 Å². The highest BCUT2D eigenvalue weighted by Crippen LogP contribution is 2.25. The van der Waals surface area contributed by atoms with Crippen LogP contribution < -0.4 is 5.32 Å². The molecular weight excluding hydrogens is 274 g/mol. The minimum atomic E-state index is -0.993. The molecule has 1 aliphatic rings. The Hall–Kier alpha value is -1.20. The first-order valence-electron chi connectivity index (χ1n) is 5.46. The van der Waals surface area contributed by atoms with E-state index in [0.29, 0.717) is 17.2 Å². The van der Waals surface area contributed by atoms with Gasteiger partial charge in [0.1, 0.15) is 6.04 Å². The Kier molecular flexibility index (Phi) is 4.14. The number of aliphatic carboxylic acids is 1. The van der Waals surface area contributed by atoms with Crippen LogP contribution >= 0.6 is 23.4 Å². The summed E-state index contributed by atoms with van der Waals surface area (Å²) in [5.41, 5.74) is 0.903. The average Bonchev–Trinajstić information content (AvgIpc) is 2.34. The van der Waals surface area contributed by atoms with Gasteiger partial charge >= 0.3 is 5.97 Å². The fourth-order valence-corrected chi connectivity index (χ4v) is 3.12. The summed E-state index contributed by atoms with van der Waals surface area (Å²) in [6.07, 6.45) is 0.516. The molecule has 6 heteroatoms. The fraction of sp³-hybridized carbons (Fsp3) is 0.333. The lowest BCUT2D eigenvalue weighted by atomic mass is 10.1. The zero-order chi connectivity index (χ0) is 13.1.